The van der Waals surface area contributed by atoms with Crippen molar-refractivity contribution in [3.8, 4) is 0 Å². The van der Waals surface area contributed by atoms with E-state index in [1.165, 1.54) is 23.4 Å². The first-order valence-electron chi connectivity index (χ1n) is 6.98. The van der Waals surface area contributed by atoms with Crippen LogP contribution < -0.4 is 5.32 Å². The Morgan fingerprint density at radius 1 is 1.22 bits per heavy atom. The monoisotopic (exact) mass is 352 g/mol. The molecule has 0 aliphatic heterocycles. The molecule has 1 amide bonds. The average Bonchev–Trinajstić information content (AvgIpc) is 2.45. The van der Waals surface area contributed by atoms with Gasteiger partial charge in [0.25, 0.3) is 5.91 Å². The minimum atomic E-state index is -4.53. The molecule has 0 radical (unpaired) electrons. The number of hydrogen-bond donors (Lipinski definition) is 1. The minimum absolute atomic E-state index is 0.0949. The Balaban J connectivity index is 3.16. The van der Waals surface area contributed by atoms with Gasteiger partial charge in [-0.3, -0.25) is 4.79 Å². The second kappa shape index (κ2) is 7.31. The van der Waals surface area contributed by atoms with Crippen LogP contribution in [0, 0.1) is 6.92 Å². The van der Waals surface area contributed by atoms with Crippen LogP contribution in [0.4, 0.5) is 13.2 Å². The van der Waals surface area contributed by atoms with Gasteiger partial charge in [0.05, 0.1) is 4.90 Å². The predicted octanol–water partition coefficient (Wildman–Crippen LogP) is 2.32. The molecular weight excluding hydrogens is 333 g/mol. The van der Waals surface area contributed by atoms with Crippen molar-refractivity contribution in [2.45, 2.75) is 31.8 Å². The topological polar surface area (TPSA) is 66.5 Å². The first kappa shape index (κ1) is 19.4. The molecular formula is C14H19F3N2O3S. The molecule has 0 saturated carbocycles. The van der Waals surface area contributed by atoms with Crippen LogP contribution in [0.5, 0.6) is 0 Å². The van der Waals surface area contributed by atoms with Crippen molar-refractivity contribution in [3.05, 3.63) is 29.3 Å². The number of sulfonamides is 1. The van der Waals surface area contributed by atoms with E-state index in [4.69, 9.17) is 0 Å². The van der Waals surface area contributed by atoms with Crippen LogP contribution in [0.15, 0.2) is 23.1 Å². The number of nitrogens with zero attached hydrogens (tertiary/aromatic N) is 1. The summed E-state index contributed by atoms with van der Waals surface area (Å²) in [6.45, 7) is 3.90. The number of carbonyl (C=O) groups excluding carboxylic acids is 1. The van der Waals surface area contributed by atoms with E-state index in [1.807, 2.05) is 0 Å². The van der Waals surface area contributed by atoms with Gasteiger partial charge in [0, 0.05) is 18.7 Å². The third kappa shape index (κ3) is 4.93. The Kier molecular flexibility index (Phi) is 6.18. The molecule has 9 heteroatoms. The summed E-state index contributed by atoms with van der Waals surface area (Å²) < 4.78 is 62.6. The van der Waals surface area contributed by atoms with Gasteiger partial charge in [0.2, 0.25) is 10.0 Å². The molecule has 1 N–H and O–H groups in total. The number of alkyl halides is 3. The van der Waals surface area contributed by atoms with Crippen LogP contribution in [0.25, 0.3) is 0 Å². The first-order chi connectivity index (χ1) is 10.5. The van der Waals surface area contributed by atoms with E-state index in [-0.39, 0.29) is 23.5 Å². The van der Waals surface area contributed by atoms with E-state index in [1.54, 1.807) is 19.2 Å². The normalized spacial score (nSPS) is 12.5. The van der Waals surface area contributed by atoms with Gasteiger partial charge in [-0.05, 0) is 24.6 Å². The first-order valence-corrected chi connectivity index (χ1v) is 8.42. The molecule has 0 saturated heterocycles. The highest BCUT2D eigenvalue weighted by molar-refractivity contribution is 7.89. The van der Waals surface area contributed by atoms with Gasteiger partial charge in [-0.2, -0.15) is 17.5 Å². The van der Waals surface area contributed by atoms with Crippen molar-refractivity contribution in [1.82, 2.24) is 9.62 Å². The van der Waals surface area contributed by atoms with Gasteiger partial charge in [0.15, 0.2) is 0 Å². The fourth-order valence-corrected chi connectivity index (χ4v) is 3.48. The second-order valence-corrected chi connectivity index (χ2v) is 6.80. The third-order valence-electron chi connectivity index (χ3n) is 3.25. The average molecular weight is 352 g/mol. The number of halogens is 3. The van der Waals surface area contributed by atoms with Crippen molar-refractivity contribution in [2.75, 3.05) is 19.6 Å². The molecule has 23 heavy (non-hydrogen) atoms. The van der Waals surface area contributed by atoms with Crippen LogP contribution in [0.2, 0.25) is 0 Å². The van der Waals surface area contributed by atoms with Gasteiger partial charge in [0.1, 0.15) is 6.54 Å². The van der Waals surface area contributed by atoms with Crippen LogP contribution in [-0.4, -0.2) is 44.4 Å². The van der Waals surface area contributed by atoms with Gasteiger partial charge in [-0.25, -0.2) is 8.42 Å². The molecule has 0 aromatic heterocycles. The van der Waals surface area contributed by atoms with Crippen molar-refractivity contribution >= 4 is 15.9 Å². The summed E-state index contributed by atoms with van der Waals surface area (Å²) in [4.78, 5) is 11.8. The number of benzene rings is 1. The maximum Gasteiger partial charge on any atom is 0.405 e. The second-order valence-electron chi connectivity index (χ2n) is 4.86. The van der Waals surface area contributed by atoms with E-state index in [0.29, 0.717) is 5.56 Å². The minimum Gasteiger partial charge on any atom is -0.343 e. The van der Waals surface area contributed by atoms with Crippen molar-refractivity contribution in [2.24, 2.45) is 0 Å². The van der Waals surface area contributed by atoms with E-state index >= 15 is 0 Å². The Morgan fingerprint density at radius 3 is 2.26 bits per heavy atom. The maximum absolute atomic E-state index is 12.4. The molecule has 1 rings (SSSR count). The fourth-order valence-electron chi connectivity index (χ4n) is 1.99. The van der Waals surface area contributed by atoms with Gasteiger partial charge in [-0.1, -0.05) is 19.9 Å². The number of aryl methyl sites for hydroxylation is 1. The number of nitrogens with one attached hydrogen (secondary N) is 1. The summed E-state index contributed by atoms with van der Waals surface area (Å²) in [5, 5.41) is 1.74. The molecule has 0 unspecified atom stereocenters. The van der Waals surface area contributed by atoms with Gasteiger partial charge >= 0.3 is 6.18 Å². The highest BCUT2D eigenvalue weighted by atomic mass is 32.2. The fraction of sp³-hybridized carbons (Fsp3) is 0.500. The largest absolute Gasteiger partial charge is 0.405 e. The summed E-state index contributed by atoms with van der Waals surface area (Å²) in [6.07, 6.45) is -4.53. The Labute approximate surface area is 133 Å². The number of carbonyl (C=O) groups is 1. The summed E-state index contributed by atoms with van der Waals surface area (Å²) in [5.41, 5.74) is 0.297. The highest BCUT2D eigenvalue weighted by Gasteiger charge is 2.29. The molecule has 5 nitrogen and oxygen atoms in total. The van der Waals surface area contributed by atoms with E-state index in [0.717, 1.165) is 6.07 Å². The van der Waals surface area contributed by atoms with E-state index in [2.05, 4.69) is 0 Å². The quantitative estimate of drug-likeness (QED) is 0.854. The number of amides is 1. The lowest BCUT2D eigenvalue weighted by atomic mass is 10.1. The van der Waals surface area contributed by atoms with Crippen molar-refractivity contribution < 1.29 is 26.4 Å². The standard InChI is InChI=1S/C14H19F3N2O3S/c1-4-19(5-2)23(21,22)11-7-6-10(3)12(8-11)13(20)18-9-14(15,16)17/h6-8H,4-5,9H2,1-3H3,(H,18,20). The summed E-state index contributed by atoms with van der Waals surface area (Å²) in [5.74, 6) is -0.962. The molecule has 0 spiro atoms. The zero-order valence-electron chi connectivity index (χ0n) is 13.1. The van der Waals surface area contributed by atoms with Crippen LogP contribution in [-0.2, 0) is 10.0 Å². The zero-order chi connectivity index (χ0) is 17.8. The molecule has 0 heterocycles. The molecule has 0 aliphatic carbocycles. The summed E-state index contributed by atoms with van der Waals surface area (Å²) in [7, 11) is -3.79. The molecule has 0 bridgehead atoms. The molecule has 0 fully saturated rings. The number of hydrogen-bond acceptors (Lipinski definition) is 3. The van der Waals surface area contributed by atoms with Crippen molar-refractivity contribution in [3.63, 3.8) is 0 Å². The smallest absolute Gasteiger partial charge is 0.343 e. The lowest BCUT2D eigenvalue weighted by molar-refractivity contribution is -0.123. The Hall–Kier alpha value is -1.61. The summed E-state index contributed by atoms with van der Waals surface area (Å²) in [6, 6.07) is 3.84. The highest BCUT2D eigenvalue weighted by Crippen LogP contribution is 2.20. The van der Waals surface area contributed by atoms with Crippen LogP contribution in [0.1, 0.15) is 29.8 Å². The van der Waals surface area contributed by atoms with Crippen LogP contribution in [0.3, 0.4) is 0 Å². The van der Waals surface area contributed by atoms with Gasteiger partial charge in [-0.15, -0.1) is 0 Å². The van der Waals surface area contributed by atoms with E-state index < -0.39 is 28.7 Å². The third-order valence-corrected chi connectivity index (χ3v) is 5.29. The molecule has 1 aromatic carbocycles. The Morgan fingerprint density at radius 2 is 1.78 bits per heavy atom. The molecule has 0 aliphatic rings. The molecule has 0 atom stereocenters. The predicted molar refractivity (Wildman–Crippen MR) is 79.7 cm³/mol. The van der Waals surface area contributed by atoms with Crippen molar-refractivity contribution in [1.29, 1.82) is 0 Å². The van der Waals surface area contributed by atoms with Gasteiger partial charge < -0.3 is 5.32 Å². The lowest BCUT2D eigenvalue weighted by Gasteiger charge is -2.19. The van der Waals surface area contributed by atoms with E-state index in [9.17, 15) is 26.4 Å². The number of rotatable bonds is 6. The summed E-state index contributed by atoms with van der Waals surface area (Å²) >= 11 is 0. The molecule has 130 valence electrons. The maximum atomic E-state index is 12.4. The SMILES string of the molecule is CCN(CC)S(=O)(=O)c1ccc(C)c(C(=O)NCC(F)(F)F)c1. The zero-order valence-corrected chi connectivity index (χ0v) is 13.9. The lowest BCUT2D eigenvalue weighted by Crippen LogP contribution is -2.34. The van der Waals surface area contributed by atoms with Crippen LogP contribution >= 0.6 is 0 Å². The Bertz CT molecular complexity index is 668. The molecule has 1 aromatic rings.